The lowest BCUT2D eigenvalue weighted by molar-refractivity contribution is 0.472. The van der Waals surface area contributed by atoms with E-state index in [0.29, 0.717) is 12.2 Å². The molecule has 0 unspecified atom stereocenters. The number of hydrogen-bond acceptors (Lipinski definition) is 3. The van der Waals surface area contributed by atoms with E-state index in [2.05, 4.69) is 171 Å². The summed E-state index contributed by atoms with van der Waals surface area (Å²) in [7, 11) is 2.16. The molecule has 0 aliphatic heterocycles. The van der Waals surface area contributed by atoms with Crippen LogP contribution in [0.15, 0.2) is 183 Å². The van der Waals surface area contributed by atoms with Crippen molar-refractivity contribution < 1.29 is 0 Å². The summed E-state index contributed by atoms with van der Waals surface area (Å²) in [6.45, 7) is 7.00. The highest BCUT2D eigenvalue weighted by Gasteiger charge is 2.13. The Kier molecular flexibility index (Phi) is 12.3. The van der Waals surface area contributed by atoms with Gasteiger partial charge in [0, 0.05) is 31.5 Å². The summed E-state index contributed by atoms with van der Waals surface area (Å²) >= 11 is 0. The lowest BCUT2D eigenvalue weighted by Crippen LogP contribution is -2.18. The molecule has 0 radical (unpaired) electrons. The zero-order valence-corrected chi connectivity index (χ0v) is 30.9. The van der Waals surface area contributed by atoms with E-state index in [-0.39, 0.29) is 0 Å². The highest BCUT2D eigenvalue weighted by molar-refractivity contribution is 5.84. The topological polar surface area (TPSA) is 55.3 Å². The first kappa shape index (κ1) is 36.6. The van der Waals surface area contributed by atoms with Crippen LogP contribution in [0.5, 0.6) is 0 Å². The Balaban J connectivity index is 0.000000468. The van der Waals surface area contributed by atoms with Crippen LogP contribution in [0.2, 0.25) is 0 Å². The smallest absolute Gasteiger partial charge is 0.0429 e. The van der Waals surface area contributed by atoms with Crippen molar-refractivity contribution in [2.24, 2.45) is 11.5 Å². The lowest BCUT2D eigenvalue weighted by atomic mass is 9.90. The molecule has 3 nitrogen and oxygen atoms in total. The Morgan fingerprint density at radius 3 is 1.74 bits per heavy atom. The number of rotatable bonds is 10. The zero-order valence-electron chi connectivity index (χ0n) is 30.9. The van der Waals surface area contributed by atoms with Gasteiger partial charge in [0.15, 0.2) is 0 Å². The standard InChI is InChI=1S/C42H40N2.C8H9N/c1-3-42(33-18-11-6-12-19-33)44(2)30-41-25-36(22-23-37(41)29-43)34-20-13-21-35(24-34)40-27-38(31-14-7-4-8-15-31)26-39(28-40)32-16-9-5-10-17-32;1-7(9)8-5-3-2-4-6-8/h3-4,6-9,11-28H,5,10,29-30,43H2,1-2H3;2-6H,1,9H2/b42-3+;. The third-order valence-electron chi connectivity index (χ3n) is 9.63. The number of hydrogen-bond donors (Lipinski definition) is 2. The van der Waals surface area contributed by atoms with Crippen molar-refractivity contribution in [3.05, 3.63) is 210 Å². The summed E-state index contributed by atoms with van der Waals surface area (Å²) in [6, 6.07) is 53.6. The molecule has 0 fully saturated rings. The van der Waals surface area contributed by atoms with Crippen LogP contribution >= 0.6 is 0 Å². The Bertz CT molecular complexity index is 2230. The molecule has 6 aromatic carbocycles. The van der Waals surface area contributed by atoms with E-state index in [0.717, 1.165) is 24.9 Å². The zero-order chi connectivity index (χ0) is 37.0. The van der Waals surface area contributed by atoms with E-state index in [1.54, 1.807) is 0 Å². The van der Waals surface area contributed by atoms with Gasteiger partial charge in [-0.3, -0.25) is 0 Å². The van der Waals surface area contributed by atoms with Crippen LogP contribution in [0, 0.1) is 0 Å². The van der Waals surface area contributed by atoms with Gasteiger partial charge >= 0.3 is 0 Å². The van der Waals surface area contributed by atoms with Crippen molar-refractivity contribution in [2.75, 3.05) is 7.05 Å². The predicted octanol–water partition coefficient (Wildman–Crippen LogP) is 12.0. The summed E-state index contributed by atoms with van der Waals surface area (Å²) in [5.74, 6) is 0. The monoisotopic (exact) mass is 691 g/mol. The highest BCUT2D eigenvalue weighted by Crippen LogP contribution is 2.35. The SMILES string of the molecule is C/C=C(\c1ccccc1)N(C)Cc1cc(-c2cccc(-c3cc(C4=CCCC=C4)cc(-c4ccccc4)c3)c2)ccc1CN.C=C(N)c1ccccc1. The molecule has 53 heavy (non-hydrogen) atoms. The van der Waals surface area contributed by atoms with E-state index in [9.17, 15) is 0 Å². The van der Waals surface area contributed by atoms with Crippen molar-refractivity contribution in [3.8, 4) is 33.4 Å². The first-order chi connectivity index (χ1) is 25.9. The second-order valence-corrected chi connectivity index (χ2v) is 13.4. The maximum absolute atomic E-state index is 6.23. The van der Waals surface area contributed by atoms with E-state index in [1.165, 1.54) is 66.9 Å². The van der Waals surface area contributed by atoms with Gasteiger partial charge < -0.3 is 16.4 Å². The third kappa shape index (κ3) is 9.39. The van der Waals surface area contributed by atoms with Gasteiger partial charge in [-0.25, -0.2) is 0 Å². The van der Waals surface area contributed by atoms with Crippen molar-refractivity contribution in [1.82, 2.24) is 4.90 Å². The Labute approximate surface area is 316 Å². The van der Waals surface area contributed by atoms with E-state index >= 15 is 0 Å². The molecular weight excluding hydrogens is 643 g/mol. The molecule has 1 aliphatic rings. The van der Waals surface area contributed by atoms with Crippen LogP contribution in [-0.4, -0.2) is 11.9 Å². The van der Waals surface area contributed by atoms with E-state index in [1.807, 2.05) is 30.3 Å². The van der Waals surface area contributed by atoms with Gasteiger partial charge in [0.05, 0.1) is 0 Å². The minimum Gasteiger partial charge on any atom is -0.399 e. The van der Waals surface area contributed by atoms with Crippen LogP contribution in [-0.2, 0) is 13.1 Å². The summed E-state index contributed by atoms with van der Waals surface area (Å²) in [6.07, 6.45) is 11.3. The quantitative estimate of drug-likeness (QED) is 0.150. The maximum atomic E-state index is 6.23. The second kappa shape index (κ2) is 17.9. The number of nitrogens with zero attached hydrogens (tertiary/aromatic N) is 1. The van der Waals surface area contributed by atoms with Crippen molar-refractivity contribution >= 4 is 17.0 Å². The Morgan fingerprint density at radius 1 is 0.604 bits per heavy atom. The van der Waals surface area contributed by atoms with Gasteiger partial charge in [-0.15, -0.1) is 0 Å². The molecular formula is C50H49N3. The van der Waals surface area contributed by atoms with Crippen LogP contribution in [0.25, 0.3) is 50.3 Å². The molecule has 0 bridgehead atoms. The van der Waals surface area contributed by atoms with Crippen LogP contribution in [0.4, 0.5) is 0 Å². The van der Waals surface area contributed by atoms with Crippen LogP contribution < -0.4 is 11.5 Å². The average molecular weight is 692 g/mol. The first-order valence-electron chi connectivity index (χ1n) is 18.4. The number of allylic oxidation sites excluding steroid dienone is 5. The van der Waals surface area contributed by atoms with Crippen molar-refractivity contribution in [1.29, 1.82) is 0 Å². The highest BCUT2D eigenvalue weighted by atomic mass is 15.1. The molecule has 6 aromatic rings. The fourth-order valence-electron chi connectivity index (χ4n) is 6.83. The summed E-state index contributed by atoms with van der Waals surface area (Å²) in [4.78, 5) is 2.31. The molecule has 1 aliphatic carbocycles. The molecule has 0 aromatic heterocycles. The number of benzene rings is 6. The molecule has 7 rings (SSSR count). The fraction of sp³-hybridized carbons (Fsp3) is 0.120. The van der Waals surface area contributed by atoms with Crippen LogP contribution in [0.3, 0.4) is 0 Å². The van der Waals surface area contributed by atoms with Crippen molar-refractivity contribution in [2.45, 2.75) is 32.9 Å². The molecule has 0 saturated heterocycles. The van der Waals surface area contributed by atoms with Crippen molar-refractivity contribution in [3.63, 3.8) is 0 Å². The molecule has 0 saturated carbocycles. The summed E-state index contributed by atoms with van der Waals surface area (Å²) in [5, 5.41) is 0. The fourth-order valence-corrected chi connectivity index (χ4v) is 6.83. The molecule has 0 atom stereocenters. The van der Waals surface area contributed by atoms with Gasteiger partial charge in [-0.1, -0.05) is 152 Å². The van der Waals surface area contributed by atoms with Gasteiger partial charge in [0.2, 0.25) is 0 Å². The normalized spacial score (nSPS) is 12.4. The van der Waals surface area contributed by atoms with Gasteiger partial charge in [-0.05, 0) is 117 Å². The first-order valence-corrected chi connectivity index (χ1v) is 18.4. The average Bonchev–Trinajstić information content (AvgIpc) is 3.22. The molecule has 264 valence electrons. The van der Waals surface area contributed by atoms with Crippen LogP contribution in [0.1, 0.15) is 47.6 Å². The molecule has 3 heteroatoms. The largest absolute Gasteiger partial charge is 0.399 e. The maximum Gasteiger partial charge on any atom is 0.0429 e. The molecule has 0 heterocycles. The Morgan fingerprint density at radius 2 is 1.15 bits per heavy atom. The molecule has 4 N–H and O–H groups in total. The summed E-state index contributed by atoms with van der Waals surface area (Å²) < 4.78 is 0. The van der Waals surface area contributed by atoms with E-state index in [4.69, 9.17) is 11.5 Å². The van der Waals surface area contributed by atoms with E-state index < -0.39 is 0 Å². The number of nitrogens with two attached hydrogens (primary N) is 2. The Hall–Kier alpha value is -6.16. The lowest BCUT2D eigenvalue weighted by Gasteiger charge is -2.25. The predicted molar refractivity (Wildman–Crippen MR) is 228 cm³/mol. The minimum atomic E-state index is 0.513. The third-order valence-corrected chi connectivity index (χ3v) is 9.63. The molecule has 0 spiro atoms. The second-order valence-electron chi connectivity index (χ2n) is 13.4. The summed E-state index contributed by atoms with van der Waals surface area (Å²) in [5.41, 5.74) is 28.0. The minimum absolute atomic E-state index is 0.513. The van der Waals surface area contributed by atoms with Gasteiger partial charge in [0.25, 0.3) is 0 Å². The molecule has 0 amide bonds. The van der Waals surface area contributed by atoms with Gasteiger partial charge in [0.1, 0.15) is 0 Å². The van der Waals surface area contributed by atoms with Gasteiger partial charge in [-0.2, -0.15) is 0 Å².